The molecule has 0 unspecified atom stereocenters. The molecule has 21 heavy (non-hydrogen) atoms. The molecule has 1 saturated heterocycles. The van der Waals surface area contributed by atoms with E-state index in [9.17, 15) is 23.4 Å². The number of nitrogens with zero attached hydrogens (tertiary/aromatic N) is 2. The van der Waals surface area contributed by atoms with Crippen molar-refractivity contribution >= 4 is 16.0 Å². The molecule has 3 rings (SSSR count). The van der Waals surface area contributed by atoms with E-state index in [2.05, 4.69) is 0 Å². The molecule has 1 saturated carbocycles. The zero-order chi connectivity index (χ0) is 15.2. The highest BCUT2D eigenvalue weighted by Crippen LogP contribution is 2.37. The maximum absolute atomic E-state index is 12.6. The number of hydrogen-bond donors (Lipinski definition) is 2. The number of sulfonamides is 1. The Labute approximate surface area is 122 Å². The Kier molecular flexibility index (Phi) is 3.54. The van der Waals surface area contributed by atoms with Gasteiger partial charge in [-0.05, 0) is 31.7 Å². The molecule has 0 aromatic carbocycles. The molecule has 1 aromatic rings. The molecule has 1 aliphatic heterocycles. The number of aromatic nitrogens is 1. The van der Waals surface area contributed by atoms with Gasteiger partial charge in [-0.25, -0.2) is 13.2 Å². The molecule has 1 aromatic heterocycles. The van der Waals surface area contributed by atoms with Gasteiger partial charge in [0.1, 0.15) is 10.6 Å². The maximum atomic E-state index is 12.6. The van der Waals surface area contributed by atoms with Crippen LogP contribution in [0.4, 0.5) is 0 Å². The van der Waals surface area contributed by atoms with Crippen molar-refractivity contribution in [3.63, 3.8) is 0 Å². The lowest BCUT2D eigenvalue weighted by molar-refractivity contribution is 0.0685. The van der Waals surface area contributed by atoms with Crippen molar-refractivity contribution in [3.05, 3.63) is 18.0 Å². The molecule has 116 valence electrons. The van der Waals surface area contributed by atoms with Gasteiger partial charge >= 0.3 is 5.97 Å². The van der Waals surface area contributed by atoms with Crippen molar-refractivity contribution in [2.45, 2.75) is 42.7 Å². The fraction of sp³-hybridized carbons (Fsp3) is 0.615. The lowest BCUT2D eigenvalue weighted by atomic mass is 10.1. The molecule has 1 atom stereocenters. The predicted octanol–water partition coefficient (Wildman–Crippen LogP) is 0.667. The minimum atomic E-state index is -3.75. The molecule has 0 bridgehead atoms. The SMILES string of the molecule is O=C(O)c1cc(S(=O)(=O)N2CCC[C@H](O)C2)cn1C1CC1. The monoisotopic (exact) mass is 314 g/mol. The summed E-state index contributed by atoms with van der Waals surface area (Å²) in [7, 11) is -3.75. The maximum Gasteiger partial charge on any atom is 0.352 e. The lowest BCUT2D eigenvalue weighted by Crippen LogP contribution is -2.41. The van der Waals surface area contributed by atoms with Gasteiger partial charge in [-0.15, -0.1) is 0 Å². The first-order chi connectivity index (χ1) is 9.89. The number of carboxylic acids is 1. The Morgan fingerprint density at radius 2 is 2.00 bits per heavy atom. The van der Waals surface area contributed by atoms with Crippen molar-refractivity contribution in [1.29, 1.82) is 0 Å². The average Bonchev–Trinajstić information content (AvgIpc) is 3.16. The van der Waals surface area contributed by atoms with Gasteiger partial charge in [0.25, 0.3) is 0 Å². The molecule has 2 fully saturated rings. The highest BCUT2D eigenvalue weighted by Gasteiger charge is 2.34. The Morgan fingerprint density at radius 3 is 2.57 bits per heavy atom. The van der Waals surface area contributed by atoms with Gasteiger partial charge in [0.15, 0.2) is 0 Å². The second-order valence-electron chi connectivity index (χ2n) is 5.66. The zero-order valence-corrected chi connectivity index (χ0v) is 12.3. The van der Waals surface area contributed by atoms with Crippen LogP contribution in [0.5, 0.6) is 0 Å². The van der Waals surface area contributed by atoms with E-state index in [4.69, 9.17) is 0 Å². The zero-order valence-electron chi connectivity index (χ0n) is 11.5. The standard InChI is InChI=1S/C13H18N2O5S/c16-10-2-1-5-14(7-10)21(19,20)11-6-12(13(17)18)15(8-11)9-3-4-9/h6,8-10,16H,1-5,7H2,(H,17,18)/t10-/m0/s1. The largest absolute Gasteiger partial charge is 0.477 e. The summed E-state index contributed by atoms with van der Waals surface area (Å²) in [5.74, 6) is -1.12. The van der Waals surface area contributed by atoms with Gasteiger partial charge in [-0.2, -0.15) is 4.31 Å². The van der Waals surface area contributed by atoms with Crippen LogP contribution in [0.15, 0.2) is 17.2 Å². The van der Waals surface area contributed by atoms with Gasteiger partial charge in [0.05, 0.1) is 6.10 Å². The van der Waals surface area contributed by atoms with Crippen molar-refractivity contribution in [1.82, 2.24) is 8.87 Å². The van der Waals surface area contributed by atoms with E-state index in [1.807, 2.05) is 0 Å². The van der Waals surface area contributed by atoms with Crippen LogP contribution in [0.3, 0.4) is 0 Å². The summed E-state index contributed by atoms with van der Waals surface area (Å²) < 4.78 is 27.9. The summed E-state index contributed by atoms with van der Waals surface area (Å²) >= 11 is 0. The summed E-state index contributed by atoms with van der Waals surface area (Å²) in [6.45, 7) is 0.426. The van der Waals surface area contributed by atoms with E-state index in [0.29, 0.717) is 19.4 Å². The molecule has 2 heterocycles. The van der Waals surface area contributed by atoms with Gasteiger partial charge in [-0.1, -0.05) is 0 Å². The third kappa shape index (κ3) is 2.70. The second kappa shape index (κ2) is 5.11. The smallest absolute Gasteiger partial charge is 0.352 e. The third-order valence-corrected chi connectivity index (χ3v) is 5.81. The number of aromatic carboxylic acids is 1. The normalized spacial score (nSPS) is 24.1. The molecule has 8 heteroatoms. The molecule has 1 aliphatic carbocycles. The molecule has 7 nitrogen and oxygen atoms in total. The summed E-state index contributed by atoms with van der Waals surface area (Å²) in [6.07, 6.45) is 3.70. The Morgan fingerprint density at radius 1 is 1.29 bits per heavy atom. The van der Waals surface area contributed by atoms with Gasteiger partial charge in [0.2, 0.25) is 10.0 Å². The van der Waals surface area contributed by atoms with Crippen LogP contribution in [0, 0.1) is 0 Å². The molecule has 2 N–H and O–H groups in total. The summed E-state index contributed by atoms with van der Waals surface area (Å²) in [5, 5.41) is 18.8. The molecule has 0 spiro atoms. The van der Waals surface area contributed by atoms with E-state index >= 15 is 0 Å². The van der Waals surface area contributed by atoms with Gasteiger partial charge in [-0.3, -0.25) is 0 Å². The van der Waals surface area contributed by atoms with Crippen LogP contribution < -0.4 is 0 Å². The van der Waals surface area contributed by atoms with Gasteiger partial charge in [0, 0.05) is 25.3 Å². The van der Waals surface area contributed by atoms with Crippen LogP contribution in [0.2, 0.25) is 0 Å². The fourth-order valence-corrected chi connectivity index (χ4v) is 4.25. The molecular formula is C13H18N2O5S. The topological polar surface area (TPSA) is 99.8 Å². The van der Waals surface area contributed by atoms with Crippen molar-refractivity contribution in [3.8, 4) is 0 Å². The summed E-state index contributed by atoms with van der Waals surface area (Å²) in [6, 6.07) is 1.31. The number of carboxylic acid groups (broad SMARTS) is 1. The lowest BCUT2D eigenvalue weighted by Gasteiger charge is -2.28. The van der Waals surface area contributed by atoms with Crippen LogP contribution in [0.25, 0.3) is 0 Å². The van der Waals surface area contributed by atoms with E-state index in [1.165, 1.54) is 21.1 Å². The molecule has 0 amide bonds. The number of aliphatic hydroxyl groups is 1. The van der Waals surface area contributed by atoms with Crippen molar-refractivity contribution < 1.29 is 23.4 Å². The average molecular weight is 314 g/mol. The number of carbonyl (C=O) groups is 1. The Hall–Kier alpha value is -1.38. The van der Waals surface area contributed by atoms with E-state index in [0.717, 1.165) is 12.8 Å². The molecule has 0 radical (unpaired) electrons. The minimum absolute atomic E-state index is 0.000833. The van der Waals surface area contributed by atoms with E-state index < -0.39 is 22.1 Å². The Bertz CT molecular complexity index is 662. The number of β-amino-alcohol motifs (C(OH)–C–C–N with tert-alkyl or cyclic N) is 1. The fourth-order valence-electron chi connectivity index (χ4n) is 2.71. The number of rotatable bonds is 4. The van der Waals surface area contributed by atoms with Crippen LogP contribution in [-0.4, -0.2) is 52.7 Å². The predicted molar refractivity (Wildman–Crippen MR) is 73.7 cm³/mol. The first-order valence-corrected chi connectivity index (χ1v) is 8.47. The quantitative estimate of drug-likeness (QED) is 0.850. The van der Waals surface area contributed by atoms with E-state index in [1.54, 1.807) is 0 Å². The van der Waals surface area contributed by atoms with Crippen LogP contribution in [-0.2, 0) is 10.0 Å². The summed E-state index contributed by atoms with van der Waals surface area (Å²) in [5.41, 5.74) is 0.00799. The highest BCUT2D eigenvalue weighted by atomic mass is 32.2. The molecular weight excluding hydrogens is 296 g/mol. The van der Waals surface area contributed by atoms with Crippen LogP contribution in [0.1, 0.15) is 42.2 Å². The number of hydrogen-bond acceptors (Lipinski definition) is 4. The highest BCUT2D eigenvalue weighted by molar-refractivity contribution is 7.89. The van der Waals surface area contributed by atoms with Crippen molar-refractivity contribution in [2.24, 2.45) is 0 Å². The van der Waals surface area contributed by atoms with Gasteiger partial charge < -0.3 is 14.8 Å². The third-order valence-electron chi connectivity index (χ3n) is 3.98. The van der Waals surface area contributed by atoms with E-state index in [-0.39, 0.29) is 23.2 Å². The number of aliphatic hydroxyl groups excluding tert-OH is 1. The minimum Gasteiger partial charge on any atom is -0.477 e. The Balaban J connectivity index is 1.95. The first-order valence-electron chi connectivity index (χ1n) is 7.03. The number of piperidine rings is 1. The van der Waals surface area contributed by atoms with Crippen LogP contribution >= 0.6 is 0 Å². The van der Waals surface area contributed by atoms with Crippen molar-refractivity contribution in [2.75, 3.05) is 13.1 Å². The molecule has 2 aliphatic rings. The second-order valence-corrected chi connectivity index (χ2v) is 7.60. The summed E-state index contributed by atoms with van der Waals surface area (Å²) in [4.78, 5) is 11.3. The first kappa shape index (κ1) is 14.6.